The third-order valence-electron chi connectivity index (χ3n) is 5.30. The van der Waals surface area contributed by atoms with Crippen molar-refractivity contribution in [1.29, 1.82) is 0 Å². The van der Waals surface area contributed by atoms with Crippen molar-refractivity contribution < 1.29 is 28.2 Å². The van der Waals surface area contributed by atoms with Crippen molar-refractivity contribution in [3.05, 3.63) is 35.6 Å². The predicted molar refractivity (Wildman–Crippen MR) is 97.9 cm³/mol. The number of hydrogen-bond donors (Lipinski definition) is 0. The summed E-state index contributed by atoms with van der Waals surface area (Å²) in [5, 5.41) is 0. The highest BCUT2D eigenvalue weighted by atomic mass is 19.1. The largest absolute Gasteiger partial charge is 0.466 e. The topological polar surface area (TPSA) is 76.2 Å². The smallest absolute Gasteiger partial charge is 0.410 e. The Kier molecular flexibility index (Phi) is 6.16. The molecule has 0 N–H and O–H groups in total. The fourth-order valence-electron chi connectivity index (χ4n) is 3.85. The molecule has 0 unspecified atom stereocenters. The van der Waals surface area contributed by atoms with E-state index in [0.29, 0.717) is 31.5 Å². The van der Waals surface area contributed by atoms with Crippen molar-refractivity contribution in [2.75, 3.05) is 39.4 Å². The molecule has 0 radical (unpaired) electrons. The number of cyclic esters (lactones) is 1. The van der Waals surface area contributed by atoms with Gasteiger partial charge in [0.1, 0.15) is 19.0 Å². The number of likely N-dealkylation sites (tertiary alicyclic amines) is 1. The van der Waals surface area contributed by atoms with E-state index in [-0.39, 0.29) is 44.4 Å². The maximum absolute atomic E-state index is 14.2. The number of piperidine rings is 1. The number of carbonyl (C=O) groups is 3. The number of amides is 2. The minimum absolute atomic E-state index is 0.0859. The molecule has 1 atom stereocenters. The Morgan fingerprint density at radius 1 is 1.29 bits per heavy atom. The standard InChI is InChI=1S/C20H25FN2O5/c1-2-27-18(25)20(12-15-6-3-4-7-16(15)21)8-5-9-23(14-20)17(24)13-22-10-11-28-19(22)26/h3-4,6-7H,2,5,8-14H2,1H3/t20-/m0/s1. The van der Waals surface area contributed by atoms with E-state index in [4.69, 9.17) is 9.47 Å². The van der Waals surface area contributed by atoms with E-state index in [1.54, 1.807) is 30.0 Å². The summed E-state index contributed by atoms with van der Waals surface area (Å²) in [6.45, 7) is 3.12. The van der Waals surface area contributed by atoms with Crippen molar-refractivity contribution in [3.8, 4) is 0 Å². The van der Waals surface area contributed by atoms with Gasteiger partial charge in [-0.1, -0.05) is 18.2 Å². The first-order valence-electron chi connectivity index (χ1n) is 9.55. The maximum Gasteiger partial charge on any atom is 0.410 e. The fraction of sp³-hybridized carbons (Fsp3) is 0.550. The minimum atomic E-state index is -1.00. The summed E-state index contributed by atoms with van der Waals surface area (Å²) in [6, 6.07) is 6.33. The molecule has 1 aromatic rings. The molecule has 28 heavy (non-hydrogen) atoms. The molecule has 2 heterocycles. The second-order valence-electron chi connectivity index (χ2n) is 7.22. The van der Waals surface area contributed by atoms with Crippen LogP contribution in [0.1, 0.15) is 25.3 Å². The highest BCUT2D eigenvalue weighted by Crippen LogP contribution is 2.36. The van der Waals surface area contributed by atoms with Crippen LogP contribution in [-0.4, -0.2) is 67.2 Å². The zero-order valence-electron chi connectivity index (χ0n) is 16.0. The van der Waals surface area contributed by atoms with E-state index < -0.39 is 17.5 Å². The molecule has 7 nitrogen and oxygen atoms in total. The van der Waals surface area contributed by atoms with E-state index in [1.807, 2.05) is 0 Å². The van der Waals surface area contributed by atoms with E-state index >= 15 is 0 Å². The van der Waals surface area contributed by atoms with Crippen molar-refractivity contribution in [2.24, 2.45) is 5.41 Å². The SMILES string of the molecule is CCOC(=O)[C@]1(Cc2ccccc2F)CCCN(C(=O)CN2CCOC2=O)C1. The highest BCUT2D eigenvalue weighted by molar-refractivity contribution is 5.84. The van der Waals surface area contributed by atoms with Gasteiger partial charge in [0, 0.05) is 13.1 Å². The Balaban J connectivity index is 1.79. The van der Waals surface area contributed by atoms with Gasteiger partial charge in [0.15, 0.2) is 0 Å². The van der Waals surface area contributed by atoms with Crippen LogP contribution < -0.4 is 0 Å². The molecule has 2 amide bonds. The summed E-state index contributed by atoms with van der Waals surface area (Å²) < 4.78 is 24.4. The van der Waals surface area contributed by atoms with Crippen LogP contribution >= 0.6 is 0 Å². The van der Waals surface area contributed by atoms with E-state index in [9.17, 15) is 18.8 Å². The van der Waals surface area contributed by atoms with Crippen LogP contribution in [0.5, 0.6) is 0 Å². The van der Waals surface area contributed by atoms with Gasteiger partial charge in [0.2, 0.25) is 5.91 Å². The monoisotopic (exact) mass is 392 g/mol. The molecule has 8 heteroatoms. The molecule has 2 aliphatic heterocycles. The van der Waals surface area contributed by atoms with Crippen LogP contribution in [0, 0.1) is 11.2 Å². The maximum atomic E-state index is 14.2. The number of benzene rings is 1. The molecule has 2 fully saturated rings. The molecule has 1 aromatic carbocycles. The Hall–Kier alpha value is -2.64. The molecule has 2 aliphatic rings. The molecule has 2 saturated heterocycles. The van der Waals surface area contributed by atoms with Crippen LogP contribution in [0.3, 0.4) is 0 Å². The number of ether oxygens (including phenoxy) is 2. The van der Waals surface area contributed by atoms with Crippen LogP contribution in [0.25, 0.3) is 0 Å². The predicted octanol–water partition coefficient (Wildman–Crippen LogP) is 1.99. The quantitative estimate of drug-likeness (QED) is 0.692. The van der Waals surface area contributed by atoms with E-state index in [0.717, 1.165) is 0 Å². The van der Waals surface area contributed by atoms with Gasteiger partial charge in [0.25, 0.3) is 0 Å². The lowest BCUT2D eigenvalue weighted by Gasteiger charge is -2.41. The lowest BCUT2D eigenvalue weighted by Crippen LogP contribution is -2.53. The number of hydrogen-bond acceptors (Lipinski definition) is 5. The average Bonchev–Trinajstić information content (AvgIpc) is 3.08. The summed E-state index contributed by atoms with van der Waals surface area (Å²) in [5.41, 5.74) is -0.578. The Morgan fingerprint density at radius 3 is 2.75 bits per heavy atom. The molecule has 0 saturated carbocycles. The lowest BCUT2D eigenvalue weighted by atomic mass is 9.75. The van der Waals surface area contributed by atoms with Crippen LogP contribution in [-0.2, 0) is 25.5 Å². The summed E-state index contributed by atoms with van der Waals surface area (Å²) in [5.74, 6) is -1.05. The molecule has 0 spiro atoms. The summed E-state index contributed by atoms with van der Waals surface area (Å²) in [6.07, 6.45) is 0.765. The average molecular weight is 392 g/mol. The highest BCUT2D eigenvalue weighted by Gasteiger charge is 2.45. The summed E-state index contributed by atoms with van der Waals surface area (Å²) in [7, 11) is 0. The van der Waals surface area contributed by atoms with Gasteiger partial charge < -0.3 is 14.4 Å². The zero-order valence-corrected chi connectivity index (χ0v) is 16.0. The second kappa shape index (κ2) is 8.58. The third kappa shape index (κ3) is 4.26. The zero-order chi connectivity index (χ0) is 20.1. The molecule has 0 bridgehead atoms. The van der Waals surface area contributed by atoms with Crippen molar-refractivity contribution in [3.63, 3.8) is 0 Å². The first-order valence-corrected chi connectivity index (χ1v) is 9.55. The molecular weight excluding hydrogens is 367 g/mol. The molecule has 152 valence electrons. The van der Waals surface area contributed by atoms with Crippen molar-refractivity contribution in [2.45, 2.75) is 26.2 Å². The number of esters is 1. The number of rotatable bonds is 6. The Bertz CT molecular complexity index is 756. The van der Waals surface area contributed by atoms with E-state index in [1.165, 1.54) is 11.0 Å². The van der Waals surface area contributed by atoms with Gasteiger partial charge in [-0.15, -0.1) is 0 Å². The van der Waals surface area contributed by atoms with Crippen LogP contribution in [0.15, 0.2) is 24.3 Å². The van der Waals surface area contributed by atoms with Gasteiger partial charge in [0.05, 0.1) is 18.6 Å². The Morgan fingerprint density at radius 2 is 2.07 bits per heavy atom. The van der Waals surface area contributed by atoms with Gasteiger partial charge >= 0.3 is 12.1 Å². The normalized spacial score (nSPS) is 22.1. The van der Waals surface area contributed by atoms with Crippen LogP contribution in [0.2, 0.25) is 0 Å². The second-order valence-corrected chi connectivity index (χ2v) is 7.22. The van der Waals surface area contributed by atoms with Gasteiger partial charge in [-0.3, -0.25) is 14.5 Å². The number of nitrogens with zero attached hydrogens (tertiary/aromatic N) is 2. The molecular formula is C20H25FN2O5. The van der Waals surface area contributed by atoms with Crippen LogP contribution in [0.4, 0.5) is 9.18 Å². The van der Waals surface area contributed by atoms with Gasteiger partial charge in [-0.25, -0.2) is 9.18 Å². The Labute approximate surface area is 163 Å². The first kappa shape index (κ1) is 20.1. The fourth-order valence-corrected chi connectivity index (χ4v) is 3.85. The molecule has 0 aliphatic carbocycles. The molecule has 3 rings (SSSR count). The van der Waals surface area contributed by atoms with Gasteiger partial charge in [-0.2, -0.15) is 0 Å². The number of halogens is 1. The van der Waals surface area contributed by atoms with E-state index in [2.05, 4.69) is 0 Å². The summed E-state index contributed by atoms with van der Waals surface area (Å²) >= 11 is 0. The minimum Gasteiger partial charge on any atom is -0.466 e. The van der Waals surface area contributed by atoms with Gasteiger partial charge in [-0.05, 0) is 37.8 Å². The first-order chi connectivity index (χ1) is 13.4. The lowest BCUT2D eigenvalue weighted by molar-refractivity contribution is -0.161. The molecule has 0 aromatic heterocycles. The van der Waals surface area contributed by atoms with Crippen molar-refractivity contribution >= 4 is 18.0 Å². The van der Waals surface area contributed by atoms with Crippen molar-refractivity contribution in [1.82, 2.24) is 9.80 Å². The summed E-state index contributed by atoms with van der Waals surface area (Å²) in [4.78, 5) is 40.1. The number of carbonyl (C=O) groups excluding carboxylic acids is 3. The third-order valence-corrected chi connectivity index (χ3v) is 5.30.